The van der Waals surface area contributed by atoms with E-state index >= 15 is 0 Å². The second kappa shape index (κ2) is 8.45. The molecule has 0 amide bonds. The van der Waals surface area contributed by atoms with Crippen molar-refractivity contribution in [3.8, 4) is 0 Å². The van der Waals surface area contributed by atoms with E-state index in [1.165, 1.54) is 6.42 Å². The summed E-state index contributed by atoms with van der Waals surface area (Å²) in [5, 5.41) is 11.0. The number of halogens is 2. The number of guanidine groups is 1. The number of piperidine rings is 1. The van der Waals surface area contributed by atoms with Gasteiger partial charge in [-0.25, -0.2) is 10.6 Å². The molecule has 1 aliphatic heterocycles. The first-order valence-electron chi connectivity index (χ1n) is 10.0. The predicted octanol–water partition coefficient (Wildman–Crippen LogP) is 6.47. The van der Waals surface area contributed by atoms with Crippen LogP contribution in [0.3, 0.4) is 0 Å². The molecule has 29 heavy (non-hydrogen) atoms. The normalized spacial score (nSPS) is 17.6. The van der Waals surface area contributed by atoms with Crippen molar-refractivity contribution in [2.24, 2.45) is 0 Å². The highest BCUT2D eigenvalue weighted by Gasteiger charge is 2.44. The van der Waals surface area contributed by atoms with Crippen LogP contribution >= 0.6 is 23.2 Å². The van der Waals surface area contributed by atoms with Crippen molar-refractivity contribution in [2.75, 3.05) is 17.7 Å². The van der Waals surface area contributed by atoms with Gasteiger partial charge in [0.1, 0.15) is 0 Å². The van der Waals surface area contributed by atoms with Crippen molar-refractivity contribution in [1.29, 1.82) is 0 Å². The van der Waals surface area contributed by atoms with E-state index in [9.17, 15) is 0 Å². The zero-order valence-corrected chi connectivity index (χ0v) is 19.4. The third kappa shape index (κ3) is 5.18. The highest BCUT2D eigenvalue weighted by Crippen LogP contribution is 2.38. The van der Waals surface area contributed by atoms with Crippen LogP contribution in [0.5, 0.6) is 0 Å². The molecule has 1 fully saturated rings. The average molecular weight is 434 g/mol. The zero-order valence-electron chi connectivity index (χ0n) is 17.9. The number of anilines is 2. The first-order chi connectivity index (χ1) is 13.6. The number of nitrogens with zero attached hydrogens (tertiary/aromatic N) is 2. The number of nitrogens with one attached hydrogen (secondary N) is 2. The van der Waals surface area contributed by atoms with Crippen LogP contribution in [0.15, 0.2) is 48.5 Å². The van der Waals surface area contributed by atoms with E-state index in [1.807, 2.05) is 48.5 Å². The van der Waals surface area contributed by atoms with Crippen molar-refractivity contribution in [3.05, 3.63) is 58.6 Å². The minimum atomic E-state index is 0.0328. The molecule has 6 heteroatoms. The fraction of sp³-hybridized carbons (Fsp3) is 0.435. The highest BCUT2D eigenvalue weighted by molar-refractivity contribution is 6.31. The monoisotopic (exact) mass is 433 g/mol. The molecule has 0 radical (unpaired) electrons. The van der Waals surface area contributed by atoms with Gasteiger partial charge in [0.25, 0.3) is 0 Å². The SMILES string of the molecule is C[N+](=C(Nc1ccc(Cl)cc1)Nc1ccc(Cl)cc1)N1C(C)(C)CCCC1(C)C. The van der Waals surface area contributed by atoms with Gasteiger partial charge in [-0.1, -0.05) is 23.2 Å². The fourth-order valence-electron chi connectivity index (χ4n) is 4.43. The van der Waals surface area contributed by atoms with Crippen LogP contribution in [-0.4, -0.2) is 33.8 Å². The van der Waals surface area contributed by atoms with Gasteiger partial charge in [-0.2, -0.15) is 4.68 Å². The van der Waals surface area contributed by atoms with Crippen LogP contribution in [0.25, 0.3) is 0 Å². The largest absolute Gasteiger partial charge is 0.377 e. The Hall–Kier alpha value is -1.91. The van der Waals surface area contributed by atoms with Crippen molar-refractivity contribution in [2.45, 2.75) is 58.0 Å². The van der Waals surface area contributed by atoms with E-state index < -0.39 is 0 Å². The van der Waals surface area contributed by atoms with Crippen molar-refractivity contribution in [3.63, 3.8) is 0 Å². The van der Waals surface area contributed by atoms with Gasteiger partial charge >= 0.3 is 5.96 Å². The van der Waals surface area contributed by atoms with Gasteiger partial charge in [-0.3, -0.25) is 5.01 Å². The Bertz CT molecular complexity index is 805. The van der Waals surface area contributed by atoms with Gasteiger partial charge in [0.2, 0.25) is 0 Å². The molecule has 3 rings (SSSR count). The maximum absolute atomic E-state index is 6.07. The third-order valence-electron chi connectivity index (χ3n) is 5.56. The van der Waals surface area contributed by atoms with Crippen molar-refractivity contribution < 1.29 is 4.68 Å². The second-order valence-electron chi connectivity index (χ2n) is 8.93. The molecule has 0 spiro atoms. The lowest BCUT2D eigenvalue weighted by molar-refractivity contribution is -0.706. The summed E-state index contributed by atoms with van der Waals surface area (Å²) in [7, 11) is 2.11. The minimum absolute atomic E-state index is 0.0328. The molecule has 0 saturated carbocycles. The highest BCUT2D eigenvalue weighted by atomic mass is 35.5. The Kier molecular flexibility index (Phi) is 6.35. The molecule has 2 N–H and O–H groups in total. The number of hydrogen-bond donors (Lipinski definition) is 2. The number of rotatable bonds is 3. The molecule has 1 aliphatic rings. The molecule has 1 heterocycles. The van der Waals surface area contributed by atoms with Crippen LogP contribution < -0.4 is 10.6 Å². The molecule has 1 saturated heterocycles. The van der Waals surface area contributed by atoms with E-state index in [-0.39, 0.29) is 11.1 Å². The molecular formula is C23H31Cl2N4+. The van der Waals surface area contributed by atoms with Gasteiger partial charge in [-0.15, -0.1) is 0 Å². The van der Waals surface area contributed by atoms with Gasteiger partial charge in [-0.05, 0) is 95.5 Å². The number of hydrazine groups is 1. The molecule has 156 valence electrons. The predicted molar refractivity (Wildman–Crippen MR) is 125 cm³/mol. The summed E-state index contributed by atoms with van der Waals surface area (Å²) in [6.07, 6.45) is 3.53. The lowest BCUT2D eigenvalue weighted by Crippen LogP contribution is -2.63. The number of hydrogen-bond acceptors (Lipinski definition) is 1. The second-order valence-corrected chi connectivity index (χ2v) is 9.80. The van der Waals surface area contributed by atoms with Crippen LogP contribution in [0.1, 0.15) is 47.0 Å². The molecular weight excluding hydrogens is 403 g/mol. The summed E-state index contributed by atoms with van der Waals surface area (Å²) < 4.78 is 2.21. The van der Waals surface area contributed by atoms with E-state index in [2.05, 4.69) is 55.1 Å². The summed E-state index contributed by atoms with van der Waals surface area (Å²) in [5.41, 5.74) is 1.99. The van der Waals surface area contributed by atoms with Crippen LogP contribution in [0, 0.1) is 0 Å². The average Bonchev–Trinajstić information content (AvgIpc) is 2.63. The quantitative estimate of drug-likeness (QED) is 0.330. The third-order valence-corrected chi connectivity index (χ3v) is 6.07. The molecule has 0 unspecified atom stereocenters. The molecule has 0 bridgehead atoms. The topological polar surface area (TPSA) is 30.3 Å². The van der Waals surface area contributed by atoms with Gasteiger partial charge in [0, 0.05) is 10.0 Å². The Morgan fingerprint density at radius 2 is 1.17 bits per heavy atom. The number of hydrazone groups is 1. The van der Waals surface area contributed by atoms with E-state index in [1.54, 1.807) is 0 Å². The summed E-state index contributed by atoms with van der Waals surface area (Å²) in [4.78, 5) is 0. The molecule has 0 atom stereocenters. The smallest absolute Gasteiger partial charge is 0.257 e. The minimum Gasteiger partial charge on any atom is -0.257 e. The Balaban J connectivity index is 2.03. The van der Waals surface area contributed by atoms with Crippen molar-refractivity contribution >= 4 is 40.5 Å². The number of benzene rings is 2. The molecule has 2 aromatic carbocycles. The van der Waals surface area contributed by atoms with Crippen molar-refractivity contribution in [1.82, 2.24) is 5.01 Å². The summed E-state index contributed by atoms with van der Waals surface area (Å²) in [6.45, 7) is 9.25. The lowest BCUT2D eigenvalue weighted by atomic mass is 9.81. The maximum atomic E-state index is 6.07. The first-order valence-corrected chi connectivity index (χ1v) is 10.8. The molecule has 4 nitrogen and oxygen atoms in total. The van der Waals surface area contributed by atoms with E-state index in [0.29, 0.717) is 0 Å². The zero-order chi connectivity index (χ0) is 21.2. The summed E-state index contributed by atoms with van der Waals surface area (Å²) in [5.74, 6) is 0.873. The standard InChI is InChI=1S/C23H30Cl2N4/c1-22(2)15-6-16-23(3,4)29(22)28(5)21(26-19-11-7-17(24)8-12-19)27-20-13-9-18(25)10-14-20/h7-14H,6,15-16H2,1-5H3,(H,26,27)/p+1. The summed E-state index contributed by atoms with van der Waals surface area (Å²) in [6, 6.07) is 15.5. The lowest BCUT2D eigenvalue weighted by Gasteiger charge is -2.52. The first kappa shape index (κ1) is 21.8. The summed E-state index contributed by atoms with van der Waals surface area (Å²) >= 11 is 12.1. The Morgan fingerprint density at radius 3 is 1.55 bits per heavy atom. The fourth-order valence-corrected chi connectivity index (χ4v) is 4.68. The van der Waals surface area contributed by atoms with Crippen LogP contribution in [0.2, 0.25) is 10.0 Å². The molecule has 2 aromatic rings. The Labute approximate surface area is 184 Å². The molecule has 0 aromatic heterocycles. The van der Waals surface area contributed by atoms with E-state index in [4.69, 9.17) is 23.2 Å². The Morgan fingerprint density at radius 1 is 0.793 bits per heavy atom. The maximum Gasteiger partial charge on any atom is 0.377 e. The van der Waals surface area contributed by atoms with E-state index in [0.717, 1.165) is 40.2 Å². The molecule has 0 aliphatic carbocycles. The van der Waals surface area contributed by atoms with Gasteiger partial charge in [0.15, 0.2) is 0 Å². The van der Waals surface area contributed by atoms with Crippen LogP contribution in [0.4, 0.5) is 11.4 Å². The van der Waals surface area contributed by atoms with Gasteiger partial charge < -0.3 is 0 Å². The van der Waals surface area contributed by atoms with Crippen LogP contribution in [-0.2, 0) is 0 Å². The van der Waals surface area contributed by atoms with Gasteiger partial charge in [0.05, 0.1) is 29.5 Å².